The van der Waals surface area contributed by atoms with Crippen LogP contribution in [0.4, 0.5) is 5.95 Å². The lowest BCUT2D eigenvalue weighted by molar-refractivity contribution is 0.357. The van der Waals surface area contributed by atoms with Gasteiger partial charge in [0.05, 0.1) is 0 Å². The lowest BCUT2D eigenvalue weighted by atomic mass is 9.95. The number of H-pyrrole nitrogens is 1. The van der Waals surface area contributed by atoms with E-state index in [0.29, 0.717) is 6.04 Å². The van der Waals surface area contributed by atoms with Gasteiger partial charge in [0, 0.05) is 36.4 Å². The first-order valence-corrected chi connectivity index (χ1v) is 6.68. The summed E-state index contributed by atoms with van der Waals surface area (Å²) >= 11 is 0. The Kier molecular flexibility index (Phi) is 2.26. The highest BCUT2D eigenvalue weighted by Gasteiger charge is 2.35. The minimum atomic E-state index is 0.469. The lowest BCUT2D eigenvalue weighted by Gasteiger charge is -2.30. The number of anilines is 1. The van der Waals surface area contributed by atoms with Crippen molar-refractivity contribution in [2.45, 2.75) is 31.3 Å². The molecule has 4 rings (SSSR count). The molecule has 3 heterocycles. The Labute approximate surface area is 105 Å². The predicted octanol–water partition coefficient (Wildman–Crippen LogP) is 1.51. The van der Waals surface area contributed by atoms with Crippen molar-refractivity contribution in [3.63, 3.8) is 0 Å². The summed E-state index contributed by atoms with van der Waals surface area (Å²) in [6.45, 7) is 1.03. The van der Waals surface area contributed by atoms with Crippen molar-refractivity contribution >= 4 is 17.0 Å². The molecule has 18 heavy (non-hydrogen) atoms. The standard InChI is InChI=1S/C13H17N5/c1-2-10-5-8(1)11(7-15-10)17-13-16-6-9-3-4-14-12(9)18-13/h3-4,6,8,10-11,15H,1-2,5,7H2,(H2,14,16,17,18)/t8-,10+,11-/m0/s1. The highest BCUT2D eigenvalue weighted by molar-refractivity contribution is 5.75. The first kappa shape index (κ1) is 10.3. The van der Waals surface area contributed by atoms with E-state index in [1.807, 2.05) is 18.5 Å². The minimum Gasteiger partial charge on any atom is -0.350 e. The van der Waals surface area contributed by atoms with Crippen LogP contribution in [0.5, 0.6) is 0 Å². The van der Waals surface area contributed by atoms with Crippen molar-refractivity contribution < 1.29 is 0 Å². The first-order chi connectivity index (χ1) is 8.88. The average molecular weight is 243 g/mol. The number of rotatable bonds is 2. The Morgan fingerprint density at radius 1 is 1.33 bits per heavy atom. The number of hydrogen-bond acceptors (Lipinski definition) is 4. The zero-order valence-corrected chi connectivity index (χ0v) is 10.2. The van der Waals surface area contributed by atoms with Crippen LogP contribution in [0.2, 0.25) is 0 Å². The normalized spacial score (nSPS) is 30.8. The summed E-state index contributed by atoms with van der Waals surface area (Å²) in [5.41, 5.74) is 0.903. The smallest absolute Gasteiger partial charge is 0.224 e. The Morgan fingerprint density at radius 2 is 2.33 bits per heavy atom. The van der Waals surface area contributed by atoms with Crippen LogP contribution >= 0.6 is 0 Å². The van der Waals surface area contributed by atoms with Gasteiger partial charge in [-0.15, -0.1) is 0 Å². The third kappa shape index (κ3) is 1.66. The maximum atomic E-state index is 4.51. The molecule has 2 bridgehead atoms. The fourth-order valence-electron chi connectivity index (χ4n) is 3.27. The topological polar surface area (TPSA) is 65.6 Å². The van der Waals surface area contributed by atoms with Crippen LogP contribution in [0.15, 0.2) is 18.5 Å². The molecule has 3 N–H and O–H groups in total. The number of aromatic amines is 1. The van der Waals surface area contributed by atoms with Gasteiger partial charge >= 0.3 is 0 Å². The van der Waals surface area contributed by atoms with Crippen LogP contribution in [0.1, 0.15) is 19.3 Å². The van der Waals surface area contributed by atoms with Crippen LogP contribution in [0.3, 0.4) is 0 Å². The van der Waals surface area contributed by atoms with Gasteiger partial charge in [-0.3, -0.25) is 0 Å². The summed E-state index contributed by atoms with van der Waals surface area (Å²) < 4.78 is 0. The number of aromatic nitrogens is 3. The maximum absolute atomic E-state index is 4.51. The van der Waals surface area contributed by atoms with E-state index in [1.54, 1.807) is 0 Å². The van der Waals surface area contributed by atoms with Gasteiger partial charge in [0.15, 0.2) is 0 Å². The molecule has 2 fully saturated rings. The van der Waals surface area contributed by atoms with Gasteiger partial charge in [0.2, 0.25) is 5.95 Å². The van der Waals surface area contributed by atoms with Crippen molar-refractivity contribution in [3.8, 4) is 0 Å². The lowest BCUT2D eigenvalue weighted by Crippen LogP contribution is -2.45. The number of fused-ring (bicyclic) bond motifs is 3. The molecule has 1 aliphatic carbocycles. The van der Waals surface area contributed by atoms with Gasteiger partial charge in [-0.2, -0.15) is 4.98 Å². The van der Waals surface area contributed by atoms with E-state index in [2.05, 4.69) is 25.6 Å². The quantitative estimate of drug-likeness (QED) is 0.748. The van der Waals surface area contributed by atoms with Crippen LogP contribution < -0.4 is 10.6 Å². The van der Waals surface area contributed by atoms with E-state index in [1.165, 1.54) is 19.3 Å². The Balaban J connectivity index is 1.56. The number of nitrogens with one attached hydrogen (secondary N) is 3. The Morgan fingerprint density at radius 3 is 3.33 bits per heavy atom. The second-order valence-corrected chi connectivity index (χ2v) is 5.40. The van der Waals surface area contributed by atoms with E-state index >= 15 is 0 Å². The third-order valence-corrected chi connectivity index (χ3v) is 4.28. The van der Waals surface area contributed by atoms with Gasteiger partial charge in [0.1, 0.15) is 5.65 Å². The van der Waals surface area contributed by atoms with Crippen molar-refractivity contribution in [1.82, 2.24) is 20.3 Å². The van der Waals surface area contributed by atoms with Crippen molar-refractivity contribution in [2.24, 2.45) is 5.92 Å². The zero-order chi connectivity index (χ0) is 11.9. The van der Waals surface area contributed by atoms with E-state index in [9.17, 15) is 0 Å². The second-order valence-electron chi connectivity index (χ2n) is 5.40. The van der Waals surface area contributed by atoms with Crippen molar-refractivity contribution in [2.75, 3.05) is 11.9 Å². The molecule has 94 valence electrons. The SMILES string of the molecule is c1cc2cnc(N[C@H]3CN[C@@H]4CC[C@H]3C4)nc2[nH]1. The largest absolute Gasteiger partial charge is 0.350 e. The zero-order valence-electron chi connectivity index (χ0n) is 10.2. The molecule has 2 aromatic heterocycles. The molecule has 2 aliphatic rings. The summed E-state index contributed by atoms with van der Waals surface area (Å²) in [5, 5.41) is 8.13. The molecule has 1 aliphatic heterocycles. The van der Waals surface area contributed by atoms with E-state index < -0.39 is 0 Å². The van der Waals surface area contributed by atoms with Gasteiger partial charge in [-0.1, -0.05) is 0 Å². The number of nitrogens with zero attached hydrogens (tertiary/aromatic N) is 2. The number of hydrogen-bond donors (Lipinski definition) is 3. The molecule has 0 radical (unpaired) electrons. The van der Waals surface area contributed by atoms with Crippen LogP contribution in [0.25, 0.3) is 11.0 Å². The third-order valence-electron chi connectivity index (χ3n) is 4.28. The van der Waals surface area contributed by atoms with Gasteiger partial charge in [-0.25, -0.2) is 4.98 Å². The van der Waals surface area contributed by atoms with Crippen molar-refractivity contribution in [3.05, 3.63) is 18.5 Å². The molecule has 0 spiro atoms. The Bertz CT molecular complexity index is 563. The molecule has 3 atom stereocenters. The van der Waals surface area contributed by atoms with Crippen molar-refractivity contribution in [1.29, 1.82) is 0 Å². The molecule has 0 unspecified atom stereocenters. The number of piperidine rings is 1. The fraction of sp³-hybridized carbons (Fsp3) is 0.538. The van der Waals surface area contributed by atoms with Crippen LogP contribution in [0, 0.1) is 5.92 Å². The Hall–Kier alpha value is -1.62. The summed E-state index contributed by atoms with van der Waals surface area (Å²) in [4.78, 5) is 12.0. The highest BCUT2D eigenvalue weighted by Crippen LogP contribution is 2.32. The summed E-state index contributed by atoms with van der Waals surface area (Å²) in [6, 6.07) is 3.21. The molecule has 5 nitrogen and oxygen atoms in total. The van der Waals surface area contributed by atoms with E-state index in [0.717, 1.165) is 35.5 Å². The average Bonchev–Trinajstić information content (AvgIpc) is 3.00. The summed E-state index contributed by atoms with van der Waals surface area (Å²) in [5.74, 6) is 1.52. The van der Waals surface area contributed by atoms with Crippen LogP contribution in [-0.2, 0) is 0 Å². The first-order valence-electron chi connectivity index (χ1n) is 6.68. The molecule has 0 amide bonds. The van der Waals surface area contributed by atoms with E-state index in [4.69, 9.17) is 0 Å². The molecule has 0 aromatic carbocycles. The molecule has 1 saturated carbocycles. The fourth-order valence-corrected chi connectivity index (χ4v) is 3.27. The van der Waals surface area contributed by atoms with E-state index in [-0.39, 0.29) is 0 Å². The minimum absolute atomic E-state index is 0.469. The second kappa shape index (κ2) is 3.95. The molecular weight excluding hydrogens is 226 g/mol. The maximum Gasteiger partial charge on any atom is 0.224 e. The molecule has 2 aromatic rings. The predicted molar refractivity (Wildman–Crippen MR) is 70.4 cm³/mol. The monoisotopic (exact) mass is 243 g/mol. The van der Waals surface area contributed by atoms with Crippen LogP contribution in [-0.4, -0.2) is 33.6 Å². The summed E-state index contributed by atoms with van der Waals surface area (Å²) in [7, 11) is 0. The molecule has 5 heteroatoms. The summed E-state index contributed by atoms with van der Waals surface area (Å²) in [6.07, 6.45) is 7.70. The highest BCUT2D eigenvalue weighted by atomic mass is 15.2. The van der Waals surface area contributed by atoms with Gasteiger partial charge in [0.25, 0.3) is 0 Å². The molecular formula is C13H17N5. The van der Waals surface area contributed by atoms with Gasteiger partial charge in [-0.05, 0) is 31.2 Å². The van der Waals surface area contributed by atoms with Gasteiger partial charge < -0.3 is 15.6 Å². The molecule has 1 saturated heterocycles.